The summed E-state index contributed by atoms with van der Waals surface area (Å²) >= 11 is 0. The van der Waals surface area contributed by atoms with Crippen molar-refractivity contribution in [3.05, 3.63) is 23.8 Å². The Hall–Kier alpha value is -1.22. The second-order valence-electron chi connectivity index (χ2n) is 4.05. The van der Waals surface area contributed by atoms with Crippen LogP contribution in [0.15, 0.2) is 18.2 Å². The van der Waals surface area contributed by atoms with Crippen LogP contribution >= 0.6 is 0 Å². The van der Waals surface area contributed by atoms with Gasteiger partial charge in [0.15, 0.2) is 0 Å². The van der Waals surface area contributed by atoms with Gasteiger partial charge in [-0.05, 0) is 30.8 Å². The smallest absolute Gasteiger partial charge is 0.0411 e. The van der Waals surface area contributed by atoms with Crippen molar-refractivity contribution in [2.45, 2.75) is 6.54 Å². The first-order valence-corrected chi connectivity index (χ1v) is 4.95. The van der Waals surface area contributed by atoms with Crippen LogP contribution in [0.1, 0.15) is 5.56 Å². The summed E-state index contributed by atoms with van der Waals surface area (Å²) in [5.74, 6) is 0. The van der Waals surface area contributed by atoms with Crippen LogP contribution in [0.3, 0.4) is 0 Å². The predicted octanol–water partition coefficient (Wildman–Crippen LogP) is 1.15. The SMILES string of the molecule is CN1CCN(C)c2ccc(N)cc2C1. The van der Waals surface area contributed by atoms with Crippen LogP contribution in [-0.4, -0.2) is 32.1 Å². The number of nitrogens with two attached hydrogens (primary N) is 1. The van der Waals surface area contributed by atoms with Crippen molar-refractivity contribution >= 4 is 11.4 Å². The lowest BCUT2D eigenvalue weighted by Gasteiger charge is -2.18. The Bertz CT molecular complexity index is 335. The molecule has 0 amide bonds. The van der Waals surface area contributed by atoms with E-state index in [4.69, 9.17) is 5.73 Å². The van der Waals surface area contributed by atoms with Crippen molar-refractivity contribution in [1.29, 1.82) is 0 Å². The minimum atomic E-state index is 0.854. The molecule has 0 atom stereocenters. The van der Waals surface area contributed by atoms with E-state index in [0.717, 1.165) is 25.3 Å². The van der Waals surface area contributed by atoms with E-state index in [2.05, 4.69) is 36.0 Å². The Morgan fingerprint density at radius 2 is 2.00 bits per heavy atom. The molecule has 0 bridgehead atoms. The maximum Gasteiger partial charge on any atom is 0.0411 e. The Labute approximate surface area is 85.1 Å². The van der Waals surface area contributed by atoms with Gasteiger partial charge in [0, 0.05) is 38.1 Å². The number of benzene rings is 1. The average Bonchev–Trinajstić information content (AvgIpc) is 2.26. The second kappa shape index (κ2) is 3.50. The van der Waals surface area contributed by atoms with Crippen molar-refractivity contribution in [1.82, 2.24) is 4.90 Å². The van der Waals surface area contributed by atoms with Gasteiger partial charge < -0.3 is 15.5 Å². The van der Waals surface area contributed by atoms with Gasteiger partial charge in [0.05, 0.1) is 0 Å². The number of fused-ring (bicyclic) bond motifs is 1. The molecule has 0 saturated heterocycles. The number of anilines is 2. The van der Waals surface area contributed by atoms with E-state index >= 15 is 0 Å². The lowest BCUT2D eigenvalue weighted by Crippen LogP contribution is -2.26. The number of nitrogens with zero attached hydrogens (tertiary/aromatic N) is 2. The van der Waals surface area contributed by atoms with E-state index in [1.54, 1.807) is 0 Å². The second-order valence-corrected chi connectivity index (χ2v) is 4.05. The van der Waals surface area contributed by atoms with Crippen molar-refractivity contribution in [3.8, 4) is 0 Å². The molecule has 0 aromatic heterocycles. The van der Waals surface area contributed by atoms with Gasteiger partial charge in [0.2, 0.25) is 0 Å². The summed E-state index contributed by atoms with van der Waals surface area (Å²) in [6, 6.07) is 6.16. The molecule has 0 fully saturated rings. The Morgan fingerprint density at radius 1 is 1.21 bits per heavy atom. The minimum absolute atomic E-state index is 0.854. The summed E-state index contributed by atoms with van der Waals surface area (Å²) in [6.45, 7) is 3.17. The van der Waals surface area contributed by atoms with Crippen molar-refractivity contribution in [3.63, 3.8) is 0 Å². The Morgan fingerprint density at radius 3 is 2.79 bits per heavy atom. The lowest BCUT2D eigenvalue weighted by molar-refractivity contribution is 0.343. The summed E-state index contributed by atoms with van der Waals surface area (Å²) in [5.41, 5.74) is 9.28. The molecule has 0 saturated carbocycles. The van der Waals surface area contributed by atoms with E-state index in [0.29, 0.717) is 0 Å². The average molecular weight is 191 g/mol. The molecular weight excluding hydrogens is 174 g/mol. The zero-order valence-corrected chi connectivity index (χ0v) is 8.83. The highest BCUT2D eigenvalue weighted by molar-refractivity contribution is 5.59. The van der Waals surface area contributed by atoms with Gasteiger partial charge in [-0.15, -0.1) is 0 Å². The fraction of sp³-hybridized carbons (Fsp3) is 0.455. The predicted molar refractivity (Wildman–Crippen MR) is 60.5 cm³/mol. The normalized spacial score (nSPS) is 17.7. The summed E-state index contributed by atoms with van der Waals surface area (Å²) < 4.78 is 0. The fourth-order valence-corrected chi connectivity index (χ4v) is 1.92. The molecule has 2 N–H and O–H groups in total. The fourth-order valence-electron chi connectivity index (χ4n) is 1.92. The van der Waals surface area contributed by atoms with Crippen LogP contribution in [0.25, 0.3) is 0 Å². The van der Waals surface area contributed by atoms with Crippen LogP contribution in [-0.2, 0) is 6.54 Å². The van der Waals surface area contributed by atoms with Crippen LogP contribution < -0.4 is 10.6 Å². The zero-order valence-electron chi connectivity index (χ0n) is 8.83. The maximum atomic E-state index is 5.79. The van der Waals surface area contributed by atoms with Gasteiger partial charge in [-0.25, -0.2) is 0 Å². The molecule has 1 aromatic carbocycles. The van der Waals surface area contributed by atoms with E-state index in [9.17, 15) is 0 Å². The molecule has 3 heteroatoms. The van der Waals surface area contributed by atoms with Crippen LogP contribution in [0.4, 0.5) is 11.4 Å². The van der Waals surface area contributed by atoms with Gasteiger partial charge in [-0.3, -0.25) is 0 Å². The molecule has 1 aliphatic rings. The number of likely N-dealkylation sites (N-methyl/N-ethyl adjacent to an activating group) is 2. The molecule has 0 unspecified atom stereocenters. The lowest BCUT2D eigenvalue weighted by atomic mass is 10.1. The maximum absolute atomic E-state index is 5.79. The third kappa shape index (κ3) is 1.68. The first-order chi connectivity index (χ1) is 6.66. The first kappa shape index (κ1) is 9.34. The first-order valence-electron chi connectivity index (χ1n) is 4.95. The van der Waals surface area contributed by atoms with E-state index in [-0.39, 0.29) is 0 Å². The third-order valence-corrected chi connectivity index (χ3v) is 2.77. The van der Waals surface area contributed by atoms with Crippen LogP contribution in [0.5, 0.6) is 0 Å². The largest absolute Gasteiger partial charge is 0.399 e. The van der Waals surface area contributed by atoms with Gasteiger partial charge in [-0.1, -0.05) is 0 Å². The number of hydrogen-bond donors (Lipinski definition) is 1. The molecule has 0 aliphatic carbocycles. The molecule has 1 aliphatic heterocycles. The topological polar surface area (TPSA) is 32.5 Å². The van der Waals surface area contributed by atoms with Gasteiger partial charge >= 0.3 is 0 Å². The minimum Gasteiger partial charge on any atom is -0.399 e. The molecule has 0 radical (unpaired) electrons. The summed E-state index contributed by atoms with van der Waals surface area (Å²) in [6.07, 6.45) is 0. The van der Waals surface area contributed by atoms with Crippen molar-refractivity contribution in [2.24, 2.45) is 0 Å². The van der Waals surface area contributed by atoms with Crippen molar-refractivity contribution < 1.29 is 0 Å². The Kier molecular flexibility index (Phi) is 2.33. The highest BCUT2D eigenvalue weighted by Gasteiger charge is 2.14. The summed E-state index contributed by atoms with van der Waals surface area (Å²) in [7, 11) is 4.28. The van der Waals surface area contributed by atoms with Crippen molar-refractivity contribution in [2.75, 3.05) is 37.8 Å². The molecule has 2 rings (SSSR count). The monoisotopic (exact) mass is 191 g/mol. The van der Waals surface area contributed by atoms with Crippen LogP contribution in [0, 0.1) is 0 Å². The summed E-state index contributed by atoms with van der Waals surface area (Å²) in [5, 5.41) is 0. The molecule has 1 heterocycles. The highest BCUT2D eigenvalue weighted by Crippen LogP contribution is 2.25. The molecule has 3 nitrogen and oxygen atoms in total. The van der Waals surface area contributed by atoms with Gasteiger partial charge in [-0.2, -0.15) is 0 Å². The number of rotatable bonds is 0. The molecule has 1 aromatic rings. The third-order valence-electron chi connectivity index (χ3n) is 2.77. The van der Waals surface area contributed by atoms with Crippen LogP contribution in [0.2, 0.25) is 0 Å². The molecule has 0 spiro atoms. The summed E-state index contributed by atoms with van der Waals surface area (Å²) in [4.78, 5) is 4.61. The van der Waals surface area contributed by atoms with Gasteiger partial charge in [0.1, 0.15) is 0 Å². The van der Waals surface area contributed by atoms with E-state index < -0.39 is 0 Å². The number of nitrogen functional groups attached to an aromatic ring is 1. The standard InChI is InChI=1S/C11H17N3/c1-13-5-6-14(2)11-4-3-10(12)7-9(11)8-13/h3-4,7H,5-6,8,12H2,1-2H3. The number of hydrogen-bond acceptors (Lipinski definition) is 3. The van der Waals surface area contributed by atoms with E-state index in [1.807, 2.05) is 6.07 Å². The molecule has 14 heavy (non-hydrogen) atoms. The Balaban J connectivity index is 2.41. The highest BCUT2D eigenvalue weighted by atomic mass is 15.2. The van der Waals surface area contributed by atoms with E-state index in [1.165, 1.54) is 11.3 Å². The zero-order chi connectivity index (χ0) is 10.1. The van der Waals surface area contributed by atoms with Gasteiger partial charge in [0.25, 0.3) is 0 Å². The molecule has 76 valence electrons. The molecular formula is C11H17N3. The quantitative estimate of drug-likeness (QED) is 0.624.